The first-order valence-electron chi connectivity index (χ1n) is 6.52. The number of nitrogens with zero attached hydrogens (tertiary/aromatic N) is 1. The second-order valence-electron chi connectivity index (χ2n) is 4.44. The molecular formula is C14H22N2O. The lowest BCUT2D eigenvalue weighted by Crippen LogP contribution is -2.36. The van der Waals surface area contributed by atoms with Crippen molar-refractivity contribution in [2.45, 2.75) is 19.9 Å². The summed E-state index contributed by atoms with van der Waals surface area (Å²) in [5, 5.41) is 3.42. The lowest BCUT2D eigenvalue weighted by Gasteiger charge is -2.28. The van der Waals surface area contributed by atoms with E-state index in [9.17, 15) is 0 Å². The SMILES string of the molecule is CCCNCc1ccc(N2CCOCC2)cc1. The van der Waals surface area contributed by atoms with E-state index in [1.807, 2.05) is 0 Å². The van der Waals surface area contributed by atoms with Gasteiger partial charge in [0.2, 0.25) is 0 Å². The standard InChI is InChI=1S/C14H22N2O/c1-2-7-15-12-13-3-5-14(6-4-13)16-8-10-17-11-9-16/h3-6,15H,2,7-12H2,1H3. The van der Waals surface area contributed by atoms with Crippen molar-refractivity contribution in [2.24, 2.45) is 0 Å². The van der Waals surface area contributed by atoms with Crippen LogP contribution in [0, 0.1) is 0 Å². The molecule has 0 unspecified atom stereocenters. The summed E-state index contributed by atoms with van der Waals surface area (Å²) in [7, 11) is 0. The summed E-state index contributed by atoms with van der Waals surface area (Å²) in [6.45, 7) is 7.96. The molecule has 0 radical (unpaired) electrons. The van der Waals surface area contributed by atoms with Gasteiger partial charge in [0.05, 0.1) is 13.2 Å². The molecule has 94 valence electrons. The first kappa shape index (κ1) is 12.4. The van der Waals surface area contributed by atoms with Gasteiger partial charge in [-0.05, 0) is 30.7 Å². The van der Waals surface area contributed by atoms with Crippen molar-refractivity contribution in [1.29, 1.82) is 0 Å². The zero-order valence-electron chi connectivity index (χ0n) is 10.6. The zero-order valence-corrected chi connectivity index (χ0v) is 10.6. The van der Waals surface area contributed by atoms with Crippen molar-refractivity contribution in [2.75, 3.05) is 37.7 Å². The van der Waals surface area contributed by atoms with Gasteiger partial charge >= 0.3 is 0 Å². The van der Waals surface area contributed by atoms with Gasteiger partial charge in [0, 0.05) is 25.3 Å². The minimum atomic E-state index is 0.847. The second kappa shape index (κ2) is 6.62. The van der Waals surface area contributed by atoms with Gasteiger partial charge in [0.25, 0.3) is 0 Å². The molecule has 0 atom stereocenters. The van der Waals surface area contributed by atoms with Crippen molar-refractivity contribution >= 4 is 5.69 Å². The van der Waals surface area contributed by atoms with Crippen LogP contribution in [0.1, 0.15) is 18.9 Å². The number of morpholine rings is 1. The van der Waals surface area contributed by atoms with Gasteiger partial charge in [-0.2, -0.15) is 0 Å². The Morgan fingerprint density at radius 1 is 1.18 bits per heavy atom. The van der Waals surface area contributed by atoms with Crippen LogP contribution in [0.25, 0.3) is 0 Å². The molecule has 1 aromatic rings. The Hall–Kier alpha value is -1.06. The Labute approximate surface area is 104 Å². The topological polar surface area (TPSA) is 24.5 Å². The predicted octanol–water partition coefficient (Wildman–Crippen LogP) is 2.02. The molecule has 3 heteroatoms. The summed E-state index contributed by atoms with van der Waals surface area (Å²) in [6.07, 6.45) is 1.19. The average molecular weight is 234 g/mol. The van der Waals surface area contributed by atoms with Crippen molar-refractivity contribution in [3.63, 3.8) is 0 Å². The highest BCUT2D eigenvalue weighted by Gasteiger charge is 2.10. The van der Waals surface area contributed by atoms with Crippen LogP contribution >= 0.6 is 0 Å². The number of hydrogen-bond acceptors (Lipinski definition) is 3. The Kier molecular flexibility index (Phi) is 4.83. The maximum Gasteiger partial charge on any atom is 0.0642 e. The lowest BCUT2D eigenvalue weighted by atomic mass is 10.2. The number of ether oxygens (including phenoxy) is 1. The fourth-order valence-electron chi connectivity index (χ4n) is 2.06. The van der Waals surface area contributed by atoms with E-state index in [0.29, 0.717) is 0 Å². The molecule has 1 aliphatic rings. The van der Waals surface area contributed by atoms with Gasteiger partial charge in [-0.25, -0.2) is 0 Å². The molecule has 1 heterocycles. The quantitative estimate of drug-likeness (QED) is 0.789. The number of rotatable bonds is 5. The maximum absolute atomic E-state index is 5.36. The highest BCUT2D eigenvalue weighted by atomic mass is 16.5. The molecule has 1 fully saturated rings. The number of benzene rings is 1. The third kappa shape index (κ3) is 3.72. The molecule has 0 saturated carbocycles. The van der Waals surface area contributed by atoms with Crippen LogP contribution in [0.3, 0.4) is 0 Å². The summed E-state index contributed by atoms with van der Waals surface area (Å²) >= 11 is 0. The molecular weight excluding hydrogens is 212 g/mol. The molecule has 2 rings (SSSR count). The van der Waals surface area contributed by atoms with E-state index >= 15 is 0 Å². The average Bonchev–Trinajstić information content (AvgIpc) is 2.41. The smallest absolute Gasteiger partial charge is 0.0642 e. The molecule has 1 aliphatic heterocycles. The van der Waals surface area contributed by atoms with Crippen LogP contribution in [0.4, 0.5) is 5.69 Å². The molecule has 1 N–H and O–H groups in total. The van der Waals surface area contributed by atoms with Gasteiger partial charge in [0.15, 0.2) is 0 Å². The van der Waals surface area contributed by atoms with Crippen molar-refractivity contribution < 1.29 is 4.74 Å². The van der Waals surface area contributed by atoms with Gasteiger partial charge < -0.3 is 15.0 Å². The molecule has 0 bridgehead atoms. The van der Waals surface area contributed by atoms with Crippen LogP contribution in [0.2, 0.25) is 0 Å². The molecule has 0 aromatic heterocycles. The monoisotopic (exact) mass is 234 g/mol. The van der Waals surface area contributed by atoms with Gasteiger partial charge in [-0.15, -0.1) is 0 Å². The predicted molar refractivity (Wildman–Crippen MR) is 71.5 cm³/mol. The molecule has 17 heavy (non-hydrogen) atoms. The summed E-state index contributed by atoms with van der Waals surface area (Å²) in [6, 6.07) is 8.86. The molecule has 1 aromatic carbocycles. The number of anilines is 1. The van der Waals surface area contributed by atoms with Gasteiger partial charge in [-0.1, -0.05) is 19.1 Å². The highest BCUT2D eigenvalue weighted by molar-refractivity contribution is 5.47. The zero-order chi connectivity index (χ0) is 11.9. The Morgan fingerprint density at radius 2 is 1.88 bits per heavy atom. The molecule has 0 amide bonds. The van der Waals surface area contributed by atoms with E-state index in [2.05, 4.69) is 41.4 Å². The summed E-state index contributed by atoms with van der Waals surface area (Å²) in [4.78, 5) is 2.38. The molecule has 0 spiro atoms. The Bertz CT molecular complexity index is 317. The minimum absolute atomic E-state index is 0.847. The van der Waals surface area contributed by atoms with E-state index < -0.39 is 0 Å². The number of hydrogen-bond donors (Lipinski definition) is 1. The van der Waals surface area contributed by atoms with E-state index in [1.54, 1.807) is 0 Å². The highest BCUT2D eigenvalue weighted by Crippen LogP contribution is 2.16. The largest absolute Gasteiger partial charge is 0.378 e. The third-order valence-corrected chi connectivity index (χ3v) is 3.07. The molecule has 1 saturated heterocycles. The van der Waals surface area contributed by atoms with Crippen molar-refractivity contribution in [1.82, 2.24) is 5.32 Å². The normalized spacial score (nSPS) is 16.2. The molecule has 0 aliphatic carbocycles. The van der Waals surface area contributed by atoms with E-state index in [1.165, 1.54) is 17.7 Å². The van der Waals surface area contributed by atoms with Crippen LogP contribution in [-0.4, -0.2) is 32.8 Å². The van der Waals surface area contributed by atoms with Crippen LogP contribution < -0.4 is 10.2 Å². The van der Waals surface area contributed by atoms with Crippen LogP contribution in [0.15, 0.2) is 24.3 Å². The van der Waals surface area contributed by atoms with Crippen molar-refractivity contribution in [3.8, 4) is 0 Å². The Balaban J connectivity index is 1.88. The Morgan fingerprint density at radius 3 is 2.53 bits per heavy atom. The van der Waals surface area contributed by atoms with Crippen molar-refractivity contribution in [3.05, 3.63) is 29.8 Å². The van der Waals surface area contributed by atoms with Crippen LogP contribution in [0.5, 0.6) is 0 Å². The lowest BCUT2D eigenvalue weighted by molar-refractivity contribution is 0.122. The van der Waals surface area contributed by atoms with E-state index in [0.717, 1.165) is 39.4 Å². The summed E-state index contributed by atoms with van der Waals surface area (Å²) in [5.41, 5.74) is 2.67. The maximum atomic E-state index is 5.36. The second-order valence-corrected chi connectivity index (χ2v) is 4.44. The van der Waals surface area contributed by atoms with Crippen LogP contribution in [-0.2, 0) is 11.3 Å². The van der Waals surface area contributed by atoms with E-state index in [4.69, 9.17) is 4.74 Å². The fraction of sp³-hybridized carbons (Fsp3) is 0.571. The minimum Gasteiger partial charge on any atom is -0.378 e. The van der Waals surface area contributed by atoms with Gasteiger partial charge in [0.1, 0.15) is 0 Å². The van der Waals surface area contributed by atoms with E-state index in [-0.39, 0.29) is 0 Å². The third-order valence-electron chi connectivity index (χ3n) is 3.07. The number of nitrogens with one attached hydrogen (secondary N) is 1. The van der Waals surface area contributed by atoms with Gasteiger partial charge in [-0.3, -0.25) is 0 Å². The molecule has 3 nitrogen and oxygen atoms in total. The first-order valence-corrected chi connectivity index (χ1v) is 6.52. The summed E-state index contributed by atoms with van der Waals surface area (Å²) < 4.78 is 5.36. The first-order chi connectivity index (χ1) is 8.40. The fourth-order valence-corrected chi connectivity index (χ4v) is 2.06. The summed E-state index contributed by atoms with van der Waals surface area (Å²) in [5.74, 6) is 0.